The summed E-state index contributed by atoms with van der Waals surface area (Å²) in [5.41, 5.74) is 3.61. The molecule has 0 radical (unpaired) electrons. The maximum Gasteiger partial charge on any atom is 0.272 e. The van der Waals surface area contributed by atoms with Gasteiger partial charge in [-0.15, -0.1) is 0 Å². The molecule has 0 aliphatic carbocycles. The SMILES string of the molecule is CN1C(=O)C(NC(=S)Nc2cccc(C#N)c2)N=C(c2ccccc2Cl)c2cc(Cl)ccc21. The number of thiocarbonyl (C=S) groups is 1. The number of rotatable bonds is 3. The van der Waals surface area contributed by atoms with Gasteiger partial charge in [0, 0.05) is 33.9 Å². The molecule has 0 bridgehead atoms. The minimum Gasteiger partial charge on any atom is -0.333 e. The first-order valence-corrected chi connectivity index (χ1v) is 11.0. The van der Waals surface area contributed by atoms with Crippen molar-refractivity contribution in [2.45, 2.75) is 6.17 Å². The lowest BCUT2D eigenvalue weighted by molar-refractivity contribution is -0.119. The van der Waals surface area contributed by atoms with Gasteiger partial charge >= 0.3 is 0 Å². The Labute approximate surface area is 206 Å². The number of likely N-dealkylation sites (N-methyl/N-ethyl adjacent to an activating group) is 1. The number of anilines is 2. The first-order valence-electron chi connectivity index (χ1n) is 9.85. The van der Waals surface area contributed by atoms with Gasteiger partial charge in [-0.05, 0) is 54.7 Å². The molecule has 1 heterocycles. The van der Waals surface area contributed by atoms with Crippen LogP contribution in [0.2, 0.25) is 10.0 Å². The Kier molecular flexibility index (Phi) is 6.61. The highest BCUT2D eigenvalue weighted by atomic mass is 35.5. The van der Waals surface area contributed by atoms with E-state index in [0.717, 1.165) is 0 Å². The van der Waals surface area contributed by atoms with Gasteiger partial charge in [0.15, 0.2) is 5.11 Å². The number of halogens is 2. The number of nitrogens with zero attached hydrogens (tertiary/aromatic N) is 3. The van der Waals surface area contributed by atoms with Crippen molar-refractivity contribution < 1.29 is 4.79 Å². The van der Waals surface area contributed by atoms with Gasteiger partial charge in [-0.25, -0.2) is 4.99 Å². The topological polar surface area (TPSA) is 80.5 Å². The van der Waals surface area contributed by atoms with E-state index in [1.807, 2.05) is 18.2 Å². The lowest BCUT2D eigenvalue weighted by atomic mass is 10.00. The number of aliphatic imine (C=N–C) groups is 1. The van der Waals surface area contributed by atoms with E-state index in [1.165, 1.54) is 4.90 Å². The molecular weight excluding hydrogens is 477 g/mol. The fourth-order valence-corrected chi connectivity index (χ4v) is 4.09. The number of benzene rings is 3. The third-order valence-corrected chi connectivity index (χ3v) is 5.83. The lowest BCUT2D eigenvalue weighted by Gasteiger charge is -2.22. The average Bonchev–Trinajstić information content (AvgIpc) is 2.90. The van der Waals surface area contributed by atoms with E-state index < -0.39 is 6.17 Å². The van der Waals surface area contributed by atoms with Crippen molar-refractivity contribution in [2.75, 3.05) is 17.3 Å². The molecule has 0 fully saturated rings. The van der Waals surface area contributed by atoms with E-state index in [0.29, 0.717) is 43.8 Å². The molecule has 9 heteroatoms. The van der Waals surface area contributed by atoms with Crippen LogP contribution in [0.15, 0.2) is 71.7 Å². The van der Waals surface area contributed by atoms with Crippen LogP contribution in [0.4, 0.5) is 11.4 Å². The first-order chi connectivity index (χ1) is 15.9. The predicted molar refractivity (Wildman–Crippen MR) is 136 cm³/mol. The predicted octanol–water partition coefficient (Wildman–Crippen LogP) is 4.99. The number of hydrogen-bond donors (Lipinski definition) is 2. The van der Waals surface area contributed by atoms with Gasteiger partial charge in [0.2, 0.25) is 6.17 Å². The summed E-state index contributed by atoms with van der Waals surface area (Å²) in [6.45, 7) is 0. The number of amides is 1. The number of carbonyl (C=O) groups is 1. The Bertz CT molecular complexity index is 1330. The standard InChI is InChI=1S/C24H17Cl2N5OS/c1-31-20-10-9-15(25)12-18(20)21(17-7-2-3-8-19(17)26)29-22(23(31)32)30-24(33)28-16-6-4-5-14(11-16)13-27/h2-12,22H,1H3,(H2,28,30,33). The fourth-order valence-electron chi connectivity index (χ4n) is 3.47. The van der Waals surface area contributed by atoms with Crippen molar-refractivity contribution in [2.24, 2.45) is 4.99 Å². The molecule has 1 aliphatic rings. The second-order valence-electron chi connectivity index (χ2n) is 7.21. The van der Waals surface area contributed by atoms with Crippen LogP contribution in [-0.4, -0.2) is 29.9 Å². The van der Waals surface area contributed by atoms with Gasteiger partial charge in [-0.3, -0.25) is 4.79 Å². The van der Waals surface area contributed by atoms with Crippen molar-refractivity contribution >= 4 is 63.5 Å². The van der Waals surface area contributed by atoms with E-state index in [9.17, 15) is 4.79 Å². The van der Waals surface area contributed by atoms with Crippen molar-refractivity contribution in [3.8, 4) is 6.07 Å². The molecule has 164 valence electrons. The van der Waals surface area contributed by atoms with E-state index in [2.05, 4.69) is 16.7 Å². The monoisotopic (exact) mass is 493 g/mol. The Morgan fingerprint density at radius 1 is 1.09 bits per heavy atom. The van der Waals surface area contributed by atoms with Gasteiger partial charge in [-0.2, -0.15) is 5.26 Å². The molecule has 1 atom stereocenters. The minimum atomic E-state index is -1.02. The maximum absolute atomic E-state index is 13.3. The van der Waals surface area contributed by atoms with Crippen LogP contribution in [0.5, 0.6) is 0 Å². The molecule has 2 N–H and O–H groups in total. The summed E-state index contributed by atoms with van der Waals surface area (Å²) < 4.78 is 0. The zero-order valence-electron chi connectivity index (χ0n) is 17.3. The van der Waals surface area contributed by atoms with Crippen LogP contribution in [0.1, 0.15) is 16.7 Å². The molecule has 0 aromatic heterocycles. The third kappa shape index (κ3) is 4.83. The molecule has 3 aromatic rings. The maximum atomic E-state index is 13.3. The molecule has 3 aromatic carbocycles. The van der Waals surface area contributed by atoms with Crippen LogP contribution in [-0.2, 0) is 4.79 Å². The second kappa shape index (κ2) is 9.59. The zero-order chi connectivity index (χ0) is 23.5. The summed E-state index contributed by atoms with van der Waals surface area (Å²) in [5.74, 6) is -0.310. The summed E-state index contributed by atoms with van der Waals surface area (Å²) in [5, 5.41) is 16.3. The molecule has 1 aliphatic heterocycles. The van der Waals surface area contributed by atoms with Crippen molar-refractivity contribution in [1.82, 2.24) is 5.32 Å². The highest BCUT2D eigenvalue weighted by molar-refractivity contribution is 7.80. The van der Waals surface area contributed by atoms with E-state index in [1.54, 1.807) is 55.6 Å². The molecule has 0 saturated carbocycles. The van der Waals surface area contributed by atoms with Crippen molar-refractivity contribution in [1.29, 1.82) is 5.26 Å². The normalized spacial score (nSPS) is 15.1. The van der Waals surface area contributed by atoms with Crippen LogP contribution < -0.4 is 15.5 Å². The summed E-state index contributed by atoms with van der Waals surface area (Å²) in [7, 11) is 1.67. The van der Waals surface area contributed by atoms with Gasteiger partial charge in [0.25, 0.3) is 5.91 Å². The third-order valence-electron chi connectivity index (χ3n) is 5.04. The van der Waals surface area contributed by atoms with E-state index in [4.69, 9.17) is 45.7 Å². The minimum absolute atomic E-state index is 0.183. The van der Waals surface area contributed by atoms with E-state index >= 15 is 0 Å². The summed E-state index contributed by atoms with van der Waals surface area (Å²) in [6, 6.07) is 21.5. The van der Waals surface area contributed by atoms with Crippen LogP contribution in [0.25, 0.3) is 0 Å². The Balaban J connectivity index is 1.73. The highest BCUT2D eigenvalue weighted by Crippen LogP contribution is 2.31. The number of hydrogen-bond acceptors (Lipinski definition) is 4. The number of carbonyl (C=O) groups excluding carboxylic acids is 1. The first kappa shape index (κ1) is 22.7. The zero-order valence-corrected chi connectivity index (χ0v) is 19.7. The molecule has 6 nitrogen and oxygen atoms in total. The Hall–Kier alpha value is -3.44. The van der Waals surface area contributed by atoms with E-state index in [-0.39, 0.29) is 11.0 Å². The summed E-state index contributed by atoms with van der Waals surface area (Å²) in [4.78, 5) is 19.5. The molecule has 1 unspecified atom stereocenters. The number of nitrogens with one attached hydrogen (secondary N) is 2. The number of fused-ring (bicyclic) bond motifs is 1. The van der Waals surface area contributed by atoms with Crippen LogP contribution in [0, 0.1) is 11.3 Å². The van der Waals surface area contributed by atoms with Gasteiger partial charge in [-0.1, -0.05) is 47.5 Å². The highest BCUT2D eigenvalue weighted by Gasteiger charge is 2.31. The van der Waals surface area contributed by atoms with Gasteiger partial charge < -0.3 is 15.5 Å². The summed E-state index contributed by atoms with van der Waals surface area (Å²) >= 11 is 18.2. The molecule has 0 saturated heterocycles. The lowest BCUT2D eigenvalue weighted by Crippen LogP contribution is -2.47. The van der Waals surface area contributed by atoms with Gasteiger partial charge in [0.05, 0.1) is 23.0 Å². The number of nitriles is 1. The molecule has 1 amide bonds. The van der Waals surface area contributed by atoms with Crippen LogP contribution in [0.3, 0.4) is 0 Å². The molecule has 33 heavy (non-hydrogen) atoms. The Morgan fingerprint density at radius 2 is 1.88 bits per heavy atom. The molecular formula is C24H17Cl2N5OS. The second-order valence-corrected chi connectivity index (χ2v) is 8.46. The quantitative estimate of drug-likeness (QED) is 0.502. The Morgan fingerprint density at radius 3 is 2.64 bits per heavy atom. The van der Waals surface area contributed by atoms with Crippen LogP contribution >= 0.6 is 35.4 Å². The van der Waals surface area contributed by atoms with Crippen molar-refractivity contribution in [3.05, 3.63) is 93.5 Å². The van der Waals surface area contributed by atoms with Crippen molar-refractivity contribution in [3.63, 3.8) is 0 Å². The summed E-state index contributed by atoms with van der Waals surface area (Å²) in [6.07, 6.45) is -1.02. The number of benzodiazepines with no additional fused rings is 1. The average molecular weight is 494 g/mol. The molecule has 0 spiro atoms. The fraction of sp³-hybridized carbons (Fsp3) is 0.0833. The molecule has 4 rings (SSSR count). The van der Waals surface area contributed by atoms with Gasteiger partial charge in [0.1, 0.15) is 0 Å². The smallest absolute Gasteiger partial charge is 0.272 e. The largest absolute Gasteiger partial charge is 0.333 e.